The number of hydrogen-bond acceptors (Lipinski definition) is 5. The quantitative estimate of drug-likeness (QED) is 0.341. The first-order chi connectivity index (χ1) is 18.2. The monoisotopic (exact) mass is 556 g/mol. The summed E-state index contributed by atoms with van der Waals surface area (Å²) in [5.41, 5.74) is 0.335. The van der Waals surface area contributed by atoms with Gasteiger partial charge in [0.25, 0.3) is 0 Å². The van der Waals surface area contributed by atoms with Gasteiger partial charge in [-0.25, -0.2) is 8.42 Å². The van der Waals surface area contributed by atoms with Crippen LogP contribution in [0.15, 0.2) is 83.8 Å². The van der Waals surface area contributed by atoms with Gasteiger partial charge in [0.05, 0.1) is 18.6 Å². The number of hydrogen-bond donors (Lipinski definition) is 0. The molecule has 1 saturated heterocycles. The molecule has 202 valence electrons. The Kier molecular flexibility index (Phi) is 8.97. The van der Waals surface area contributed by atoms with Gasteiger partial charge in [-0.15, -0.1) is 0 Å². The number of amides is 1. The van der Waals surface area contributed by atoms with E-state index >= 15 is 0 Å². The summed E-state index contributed by atoms with van der Waals surface area (Å²) < 4.78 is 40.0. The molecule has 0 N–H and O–H groups in total. The minimum absolute atomic E-state index is 0.0581. The largest absolute Gasteiger partial charge is 0.497 e. The molecule has 3 aromatic rings. The normalized spacial score (nSPS) is 18.1. The molecule has 0 bridgehead atoms. The number of piperidine rings is 1. The summed E-state index contributed by atoms with van der Waals surface area (Å²) in [6, 6.07) is 23.2. The van der Waals surface area contributed by atoms with Gasteiger partial charge in [-0.2, -0.15) is 4.31 Å². The van der Waals surface area contributed by atoms with Crippen molar-refractivity contribution >= 4 is 27.5 Å². The topological polar surface area (TPSA) is 76.1 Å². The molecule has 0 aliphatic carbocycles. The number of benzene rings is 3. The van der Waals surface area contributed by atoms with Crippen LogP contribution in [-0.2, 0) is 21.4 Å². The third kappa shape index (κ3) is 6.87. The summed E-state index contributed by atoms with van der Waals surface area (Å²) in [5.74, 6) is 1.15. The van der Waals surface area contributed by atoms with E-state index < -0.39 is 15.4 Å². The number of rotatable bonds is 10. The van der Waals surface area contributed by atoms with Gasteiger partial charge in [-0.05, 0) is 66.9 Å². The Morgan fingerprint density at radius 1 is 1.00 bits per heavy atom. The Balaban J connectivity index is 1.56. The van der Waals surface area contributed by atoms with Crippen molar-refractivity contribution in [1.82, 2.24) is 9.21 Å². The third-order valence-corrected chi connectivity index (χ3v) is 9.01. The van der Waals surface area contributed by atoms with Crippen LogP contribution < -0.4 is 9.47 Å². The van der Waals surface area contributed by atoms with Crippen LogP contribution in [0.3, 0.4) is 0 Å². The molecule has 0 radical (unpaired) electrons. The molecular formula is C29H33ClN2O5S. The van der Waals surface area contributed by atoms with Crippen molar-refractivity contribution < 1.29 is 22.7 Å². The van der Waals surface area contributed by atoms with E-state index in [0.29, 0.717) is 42.5 Å². The Hall–Kier alpha value is -3.07. The highest BCUT2D eigenvalue weighted by Gasteiger charge is 2.43. The minimum Gasteiger partial charge on any atom is -0.497 e. The highest BCUT2D eigenvalue weighted by Crippen LogP contribution is 2.37. The predicted molar refractivity (Wildman–Crippen MR) is 148 cm³/mol. The average Bonchev–Trinajstić information content (AvgIpc) is 2.93. The Morgan fingerprint density at radius 3 is 2.32 bits per heavy atom. The van der Waals surface area contributed by atoms with Crippen molar-refractivity contribution in [1.29, 1.82) is 0 Å². The van der Waals surface area contributed by atoms with Gasteiger partial charge >= 0.3 is 0 Å². The number of sulfonamides is 1. The minimum atomic E-state index is -3.77. The second kappa shape index (κ2) is 12.2. The van der Waals surface area contributed by atoms with E-state index in [1.165, 1.54) is 11.4 Å². The van der Waals surface area contributed by atoms with Crippen molar-refractivity contribution in [2.75, 3.05) is 33.9 Å². The molecule has 3 aromatic carbocycles. The lowest BCUT2D eigenvalue weighted by Crippen LogP contribution is -2.50. The SMILES string of the molecule is COc1ccc(S(=O)(=O)N2CCC[C@@](COc3ccc(Cl)cc3)(CC(=O)N(C)Cc3ccccc3)C2)cc1. The molecule has 0 saturated carbocycles. The maximum Gasteiger partial charge on any atom is 0.243 e. The Labute approximate surface area is 230 Å². The third-order valence-electron chi connectivity index (χ3n) is 6.90. The fourth-order valence-electron chi connectivity index (χ4n) is 4.75. The highest BCUT2D eigenvalue weighted by molar-refractivity contribution is 7.89. The van der Waals surface area contributed by atoms with E-state index in [4.69, 9.17) is 21.1 Å². The van der Waals surface area contributed by atoms with Crippen LogP contribution in [0.1, 0.15) is 24.8 Å². The second-order valence-electron chi connectivity index (χ2n) is 9.77. The van der Waals surface area contributed by atoms with Crippen LogP contribution in [0.2, 0.25) is 5.02 Å². The van der Waals surface area contributed by atoms with Gasteiger partial charge in [-0.3, -0.25) is 4.79 Å². The number of carbonyl (C=O) groups is 1. The van der Waals surface area contributed by atoms with Crippen molar-refractivity contribution in [3.8, 4) is 11.5 Å². The lowest BCUT2D eigenvalue weighted by molar-refractivity contribution is -0.134. The molecule has 38 heavy (non-hydrogen) atoms. The molecule has 9 heteroatoms. The van der Waals surface area contributed by atoms with Crippen molar-refractivity contribution in [2.24, 2.45) is 5.41 Å². The maximum atomic E-state index is 13.6. The Bertz CT molecular complexity index is 1320. The Morgan fingerprint density at radius 2 is 1.66 bits per heavy atom. The van der Waals surface area contributed by atoms with Crippen molar-refractivity contribution in [3.05, 3.63) is 89.4 Å². The average molecular weight is 557 g/mol. The number of nitrogens with zero attached hydrogens (tertiary/aromatic N) is 2. The summed E-state index contributed by atoms with van der Waals surface area (Å²) in [6.45, 7) is 1.24. The fraction of sp³-hybridized carbons (Fsp3) is 0.345. The molecule has 0 aromatic heterocycles. The van der Waals surface area contributed by atoms with E-state index in [1.54, 1.807) is 60.5 Å². The van der Waals surface area contributed by atoms with Gasteiger partial charge in [0.2, 0.25) is 15.9 Å². The molecule has 0 unspecified atom stereocenters. The van der Waals surface area contributed by atoms with Crippen LogP contribution in [0.5, 0.6) is 11.5 Å². The number of ether oxygens (including phenoxy) is 2. The number of halogens is 1. The molecule has 1 fully saturated rings. The van der Waals surface area contributed by atoms with Crippen LogP contribution in [0.25, 0.3) is 0 Å². The van der Waals surface area contributed by atoms with E-state index in [-0.39, 0.29) is 30.4 Å². The molecule has 1 atom stereocenters. The summed E-state index contributed by atoms with van der Waals surface area (Å²) in [6.07, 6.45) is 1.45. The first-order valence-electron chi connectivity index (χ1n) is 12.5. The van der Waals surface area contributed by atoms with E-state index in [9.17, 15) is 13.2 Å². The smallest absolute Gasteiger partial charge is 0.243 e. The fourth-order valence-corrected chi connectivity index (χ4v) is 6.46. The van der Waals surface area contributed by atoms with E-state index in [0.717, 1.165) is 5.56 Å². The zero-order chi connectivity index (χ0) is 27.2. The van der Waals surface area contributed by atoms with Gasteiger partial charge in [0.15, 0.2) is 0 Å². The molecule has 7 nitrogen and oxygen atoms in total. The van der Waals surface area contributed by atoms with Gasteiger partial charge in [0, 0.05) is 43.5 Å². The van der Waals surface area contributed by atoms with Gasteiger partial charge in [-0.1, -0.05) is 41.9 Å². The lowest BCUT2D eigenvalue weighted by atomic mass is 9.78. The standard InChI is InChI=1S/C29H33ClN2O5S/c1-31(20-23-7-4-3-5-8-23)28(33)19-29(22-37-26-11-9-24(30)10-12-26)17-6-18-32(21-29)38(34,35)27-15-13-25(36-2)14-16-27/h3-5,7-16H,6,17-22H2,1-2H3/t29-/m1/s1. The first kappa shape index (κ1) is 28.0. The summed E-state index contributed by atoms with van der Waals surface area (Å²) in [7, 11) is -0.459. The molecule has 1 heterocycles. The van der Waals surface area contributed by atoms with E-state index in [1.807, 2.05) is 30.3 Å². The molecular weight excluding hydrogens is 524 g/mol. The maximum absolute atomic E-state index is 13.6. The van der Waals surface area contributed by atoms with Crippen LogP contribution >= 0.6 is 11.6 Å². The zero-order valence-corrected chi connectivity index (χ0v) is 23.2. The molecule has 1 aliphatic heterocycles. The summed E-state index contributed by atoms with van der Waals surface area (Å²) in [5, 5.41) is 0.596. The van der Waals surface area contributed by atoms with E-state index in [2.05, 4.69) is 0 Å². The summed E-state index contributed by atoms with van der Waals surface area (Å²) >= 11 is 6.02. The van der Waals surface area contributed by atoms with Gasteiger partial charge < -0.3 is 14.4 Å². The number of carbonyl (C=O) groups excluding carboxylic acids is 1. The van der Waals surface area contributed by atoms with Crippen LogP contribution in [-0.4, -0.2) is 57.4 Å². The molecule has 0 spiro atoms. The second-order valence-corrected chi connectivity index (χ2v) is 12.1. The predicted octanol–water partition coefficient (Wildman–Crippen LogP) is 5.25. The molecule has 1 aliphatic rings. The molecule has 1 amide bonds. The van der Waals surface area contributed by atoms with Crippen molar-refractivity contribution in [3.63, 3.8) is 0 Å². The van der Waals surface area contributed by atoms with Crippen LogP contribution in [0, 0.1) is 5.41 Å². The van der Waals surface area contributed by atoms with Gasteiger partial charge in [0.1, 0.15) is 11.5 Å². The summed E-state index contributed by atoms with van der Waals surface area (Å²) in [4.78, 5) is 15.3. The highest BCUT2D eigenvalue weighted by atomic mass is 35.5. The number of methoxy groups -OCH3 is 1. The molecule has 4 rings (SSSR count). The van der Waals surface area contributed by atoms with Crippen molar-refractivity contribution in [2.45, 2.75) is 30.7 Å². The van der Waals surface area contributed by atoms with Crippen LogP contribution in [0.4, 0.5) is 0 Å². The first-order valence-corrected chi connectivity index (χ1v) is 14.3. The lowest BCUT2D eigenvalue weighted by Gasteiger charge is -2.42. The zero-order valence-electron chi connectivity index (χ0n) is 21.7.